The van der Waals surface area contributed by atoms with E-state index >= 15 is 0 Å². The van der Waals surface area contributed by atoms with Crippen molar-refractivity contribution in [2.24, 2.45) is 10.8 Å². The molecule has 3 heteroatoms. The number of nitriles is 1. The Bertz CT molecular complexity index is 509. The van der Waals surface area contributed by atoms with Gasteiger partial charge in [-0.3, -0.25) is 4.79 Å². The van der Waals surface area contributed by atoms with E-state index in [9.17, 15) is 10.1 Å². The first-order valence-corrected chi connectivity index (χ1v) is 7.29. The number of hydrogen-bond acceptors (Lipinski definition) is 3. The largest absolute Gasteiger partial charge is 0.297 e. The summed E-state index contributed by atoms with van der Waals surface area (Å²) in [6, 6.07) is 6.49. The Balaban J connectivity index is 2.26. The van der Waals surface area contributed by atoms with Gasteiger partial charge in [0.25, 0.3) is 0 Å². The van der Waals surface area contributed by atoms with Crippen LogP contribution in [0.5, 0.6) is 0 Å². The van der Waals surface area contributed by atoms with Crippen molar-refractivity contribution < 1.29 is 4.79 Å². The van der Waals surface area contributed by atoms with E-state index in [1.165, 1.54) is 9.75 Å². The number of thiophene rings is 1. The summed E-state index contributed by atoms with van der Waals surface area (Å²) in [7, 11) is 0. The molecule has 0 amide bonds. The van der Waals surface area contributed by atoms with E-state index in [-0.39, 0.29) is 11.2 Å². The first-order chi connectivity index (χ1) is 8.43. The Morgan fingerprint density at radius 3 is 2.44 bits per heavy atom. The van der Waals surface area contributed by atoms with E-state index in [0.29, 0.717) is 12.8 Å². The Labute approximate surface area is 113 Å². The molecule has 1 atom stereocenters. The summed E-state index contributed by atoms with van der Waals surface area (Å²) in [6.45, 7) is 6.04. The molecule has 1 unspecified atom stereocenters. The van der Waals surface area contributed by atoms with E-state index in [4.69, 9.17) is 0 Å². The van der Waals surface area contributed by atoms with Crippen LogP contribution in [0.4, 0.5) is 0 Å². The highest BCUT2D eigenvalue weighted by atomic mass is 32.1. The first kappa shape index (κ1) is 13.3. The van der Waals surface area contributed by atoms with Crippen LogP contribution >= 0.6 is 11.3 Å². The Hall–Kier alpha value is -1.14. The number of carbonyl (C=O) groups is 1. The maximum atomic E-state index is 12.4. The lowest BCUT2D eigenvalue weighted by molar-refractivity contribution is -0.130. The molecule has 0 aliphatic heterocycles. The van der Waals surface area contributed by atoms with Gasteiger partial charge in [0.2, 0.25) is 0 Å². The highest BCUT2D eigenvalue weighted by Gasteiger charge is 2.52. The number of Topliss-reactive ketones (excluding diaryl/α,β-unsaturated/α-hetero) is 1. The molecule has 18 heavy (non-hydrogen) atoms. The van der Waals surface area contributed by atoms with E-state index in [0.717, 1.165) is 12.8 Å². The van der Waals surface area contributed by atoms with Crippen molar-refractivity contribution in [3.05, 3.63) is 21.9 Å². The molecule has 0 saturated heterocycles. The lowest BCUT2D eigenvalue weighted by Gasteiger charge is -2.21. The lowest BCUT2D eigenvalue weighted by Crippen LogP contribution is -2.32. The molecule has 0 spiro atoms. The SMILES string of the molecule is CCc1ccc(CC2(C#N)CCC(C)(C)C2=O)s1. The summed E-state index contributed by atoms with van der Waals surface area (Å²) in [5.74, 6) is 0.129. The zero-order chi connectivity index (χ0) is 13.4. The minimum absolute atomic E-state index is 0.129. The number of aryl methyl sites for hydroxylation is 1. The number of ketones is 1. The molecule has 1 aromatic rings. The van der Waals surface area contributed by atoms with Crippen molar-refractivity contribution in [3.63, 3.8) is 0 Å². The zero-order valence-corrected chi connectivity index (χ0v) is 12.1. The summed E-state index contributed by atoms with van der Waals surface area (Å²) in [5, 5.41) is 9.48. The van der Waals surface area contributed by atoms with Crippen LogP contribution in [0, 0.1) is 22.2 Å². The minimum atomic E-state index is -0.778. The molecule has 0 N–H and O–H groups in total. The fourth-order valence-corrected chi connectivity index (χ4v) is 3.79. The fourth-order valence-electron chi connectivity index (χ4n) is 2.72. The second kappa shape index (κ2) is 4.51. The van der Waals surface area contributed by atoms with Crippen molar-refractivity contribution in [1.29, 1.82) is 5.26 Å². The van der Waals surface area contributed by atoms with Crippen molar-refractivity contribution in [1.82, 2.24) is 0 Å². The monoisotopic (exact) mass is 261 g/mol. The third-order valence-corrected chi connectivity index (χ3v) is 5.21. The number of hydrogen-bond donors (Lipinski definition) is 0. The van der Waals surface area contributed by atoms with Crippen LogP contribution < -0.4 is 0 Å². The van der Waals surface area contributed by atoms with Crippen LogP contribution in [0.1, 0.15) is 43.4 Å². The van der Waals surface area contributed by atoms with Gasteiger partial charge in [-0.2, -0.15) is 5.26 Å². The number of rotatable bonds is 3. The standard InChI is InChI=1S/C15H19NOS/c1-4-11-5-6-12(18-11)9-15(10-16)8-7-14(2,3)13(15)17/h5-6H,4,7-9H2,1-3H3. The quantitative estimate of drug-likeness (QED) is 0.831. The topological polar surface area (TPSA) is 40.9 Å². The fraction of sp³-hybridized carbons (Fsp3) is 0.600. The van der Waals surface area contributed by atoms with Gasteiger partial charge in [0.1, 0.15) is 5.41 Å². The molecule has 0 aromatic carbocycles. The number of carbonyl (C=O) groups excluding carboxylic acids is 1. The van der Waals surface area contributed by atoms with Gasteiger partial charge in [-0.05, 0) is 31.4 Å². The second-order valence-corrected chi connectivity index (χ2v) is 7.06. The minimum Gasteiger partial charge on any atom is -0.297 e. The van der Waals surface area contributed by atoms with Gasteiger partial charge < -0.3 is 0 Å². The van der Waals surface area contributed by atoms with Gasteiger partial charge in [-0.15, -0.1) is 11.3 Å². The summed E-state index contributed by atoms with van der Waals surface area (Å²) >= 11 is 1.73. The van der Waals surface area contributed by atoms with Crippen molar-refractivity contribution in [2.45, 2.75) is 46.5 Å². The van der Waals surface area contributed by atoms with Crippen LogP contribution in [-0.4, -0.2) is 5.78 Å². The molecule has 1 saturated carbocycles. The first-order valence-electron chi connectivity index (χ1n) is 6.47. The third-order valence-electron chi connectivity index (χ3n) is 3.98. The van der Waals surface area contributed by atoms with Gasteiger partial charge in [-0.25, -0.2) is 0 Å². The molecule has 0 radical (unpaired) electrons. The lowest BCUT2D eigenvalue weighted by atomic mass is 9.78. The Morgan fingerprint density at radius 1 is 1.33 bits per heavy atom. The molecule has 0 bridgehead atoms. The maximum absolute atomic E-state index is 12.4. The predicted molar refractivity (Wildman–Crippen MR) is 73.5 cm³/mol. The van der Waals surface area contributed by atoms with Crippen molar-refractivity contribution >= 4 is 17.1 Å². The van der Waals surface area contributed by atoms with E-state index in [1.54, 1.807) is 11.3 Å². The third kappa shape index (κ3) is 2.10. The van der Waals surface area contributed by atoms with Crippen LogP contribution in [0.3, 0.4) is 0 Å². The molecule has 1 aliphatic carbocycles. The second-order valence-electron chi connectivity index (χ2n) is 5.81. The summed E-state index contributed by atoms with van der Waals surface area (Å²) in [5.41, 5.74) is -1.11. The average molecular weight is 261 g/mol. The van der Waals surface area contributed by atoms with E-state index in [2.05, 4.69) is 25.1 Å². The zero-order valence-electron chi connectivity index (χ0n) is 11.2. The number of nitrogens with zero attached hydrogens (tertiary/aromatic N) is 1. The molecule has 1 aromatic heterocycles. The normalized spacial score (nSPS) is 26.2. The van der Waals surface area contributed by atoms with Gasteiger partial charge >= 0.3 is 0 Å². The Kier molecular flexibility index (Phi) is 3.33. The molecular weight excluding hydrogens is 242 g/mol. The van der Waals surface area contributed by atoms with Crippen LogP contribution in [0.2, 0.25) is 0 Å². The summed E-state index contributed by atoms with van der Waals surface area (Å²) < 4.78 is 0. The van der Waals surface area contributed by atoms with Gasteiger partial charge in [0, 0.05) is 21.6 Å². The van der Waals surface area contributed by atoms with E-state index in [1.807, 2.05) is 13.8 Å². The summed E-state index contributed by atoms with van der Waals surface area (Å²) in [4.78, 5) is 14.9. The Morgan fingerprint density at radius 2 is 2.00 bits per heavy atom. The molecular formula is C15H19NOS. The highest BCUT2D eigenvalue weighted by molar-refractivity contribution is 7.12. The van der Waals surface area contributed by atoms with Gasteiger partial charge in [0.05, 0.1) is 6.07 Å². The smallest absolute Gasteiger partial charge is 0.159 e. The molecule has 2 nitrogen and oxygen atoms in total. The van der Waals surface area contributed by atoms with Gasteiger partial charge in [-0.1, -0.05) is 20.8 Å². The summed E-state index contributed by atoms with van der Waals surface area (Å²) in [6.07, 6.45) is 3.14. The van der Waals surface area contributed by atoms with Crippen LogP contribution in [0.15, 0.2) is 12.1 Å². The molecule has 1 heterocycles. The predicted octanol–water partition coefficient (Wildman–Crippen LogP) is 3.75. The van der Waals surface area contributed by atoms with Crippen LogP contribution in [-0.2, 0) is 17.6 Å². The van der Waals surface area contributed by atoms with Crippen molar-refractivity contribution in [2.75, 3.05) is 0 Å². The highest BCUT2D eigenvalue weighted by Crippen LogP contribution is 2.47. The van der Waals surface area contributed by atoms with Gasteiger partial charge in [0.15, 0.2) is 5.78 Å². The molecule has 96 valence electrons. The van der Waals surface area contributed by atoms with E-state index < -0.39 is 5.41 Å². The van der Waals surface area contributed by atoms with Crippen LogP contribution in [0.25, 0.3) is 0 Å². The maximum Gasteiger partial charge on any atom is 0.159 e. The molecule has 1 fully saturated rings. The van der Waals surface area contributed by atoms with Crippen molar-refractivity contribution in [3.8, 4) is 6.07 Å². The average Bonchev–Trinajstić information content (AvgIpc) is 2.88. The molecule has 1 aliphatic rings. The molecule has 2 rings (SSSR count).